The molecule has 0 radical (unpaired) electrons. The molecule has 0 fully saturated rings. The van der Waals surface area contributed by atoms with E-state index in [2.05, 4.69) is 6.92 Å². The standard InChI is InChI=1S/C15H30OS.CH4/c1-3-5-6-7-8-9-10-11-12-13-14-17-15(16)4-2;/h3-14H2,1-2H3;1H4. The van der Waals surface area contributed by atoms with Gasteiger partial charge in [0.25, 0.3) is 0 Å². The van der Waals surface area contributed by atoms with Crippen molar-refractivity contribution in [1.82, 2.24) is 0 Å². The molecule has 0 aliphatic rings. The van der Waals surface area contributed by atoms with Crippen LogP contribution in [0.15, 0.2) is 0 Å². The molecule has 0 aromatic heterocycles. The smallest absolute Gasteiger partial charge is 0.188 e. The summed E-state index contributed by atoms with van der Waals surface area (Å²) in [5, 5.41) is 0.348. The Labute approximate surface area is 120 Å². The highest BCUT2D eigenvalue weighted by Gasteiger charge is 1.98. The monoisotopic (exact) mass is 274 g/mol. The van der Waals surface area contributed by atoms with Crippen LogP contribution in [0.3, 0.4) is 0 Å². The maximum atomic E-state index is 11.0. The van der Waals surface area contributed by atoms with Gasteiger partial charge in [-0.05, 0) is 6.42 Å². The Morgan fingerprint density at radius 2 is 1.22 bits per heavy atom. The van der Waals surface area contributed by atoms with Gasteiger partial charge in [-0.25, -0.2) is 0 Å². The number of unbranched alkanes of at least 4 members (excludes halogenated alkanes) is 9. The van der Waals surface area contributed by atoms with E-state index < -0.39 is 0 Å². The summed E-state index contributed by atoms with van der Waals surface area (Å²) in [4.78, 5) is 11.0. The highest BCUT2D eigenvalue weighted by atomic mass is 32.2. The molecule has 0 aromatic rings. The van der Waals surface area contributed by atoms with Crippen molar-refractivity contribution < 1.29 is 4.79 Å². The van der Waals surface area contributed by atoms with Crippen molar-refractivity contribution in [2.45, 2.75) is 91.9 Å². The van der Waals surface area contributed by atoms with E-state index in [0.29, 0.717) is 11.5 Å². The number of thioether (sulfide) groups is 1. The Balaban J connectivity index is 0. The summed E-state index contributed by atoms with van der Waals surface area (Å²) in [6.45, 7) is 4.20. The van der Waals surface area contributed by atoms with Gasteiger partial charge in [-0.3, -0.25) is 4.79 Å². The Hall–Kier alpha value is 0.0200. The molecule has 0 N–H and O–H groups in total. The largest absolute Gasteiger partial charge is 0.287 e. The maximum absolute atomic E-state index is 11.0. The predicted octanol–water partition coefficient (Wildman–Crippen LogP) is 6.21. The fourth-order valence-corrected chi connectivity index (χ4v) is 2.66. The molecule has 0 bridgehead atoms. The van der Waals surface area contributed by atoms with Crippen LogP contribution in [-0.2, 0) is 4.79 Å². The van der Waals surface area contributed by atoms with E-state index in [1.807, 2.05) is 6.92 Å². The van der Waals surface area contributed by atoms with Crippen LogP contribution in [0.25, 0.3) is 0 Å². The molecule has 0 amide bonds. The zero-order valence-electron chi connectivity index (χ0n) is 11.8. The molecule has 0 heterocycles. The van der Waals surface area contributed by atoms with Crippen molar-refractivity contribution in [1.29, 1.82) is 0 Å². The zero-order valence-corrected chi connectivity index (χ0v) is 12.6. The zero-order chi connectivity index (χ0) is 12.8. The van der Waals surface area contributed by atoms with Gasteiger partial charge in [0, 0.05) is 12.2 Å². The molecule has 1 nitrogen and oxygen atoms in total. The number of hydrogen-bond acceptors (Lipinski definition) is 2. The first-order chi connectivity index (χ1) is 8.31. The van der Waals surface area contributed by atoms with Gasteiger partial charge in [0.1, 0.15) is 0 Å². The van der Waals surface area contributed by atoms with Crippen LogP contribution in [0.4, 0.5) is 0 Å². The summed E-state index contributed by atoms with van der Waals surface area (Å²) in [6.07, 6.45) is 14.4. The van der Waals surface area contributed by atoms with Crippen molar-refractivity contribution in [3.63, 3.8) is 0 Å². The summed E-state index contributed by atoms with van der Waals surface area (Å²) in [5.41, 5.74) is 0. The van der Waals surface area contributed by atoms with Crippen molar-refractivity contribution in [2.24, 2.45) is 0 Å². The quantitative estimate of drug-likeness (QED) is 0.393. The molecular weight excluding hydrogens is 240 g/mol. The minimum atomic E-state index is 0. The van der Waals surface area contributed by atoms with Gasteiger partial charge in [-0.1, -0.05) is 90.8 Å². The summed E-state index contributed by atoms with van der Waals surface area (Å²) in [6, 6.07) is 0. The van der Waals surface area contributed by atoms with Crippen LogP contribution in [0.5, 0.6) is 0 Å². The fourth-order valence-electron chi connectivity index (χ4n) is 1.88. The van der Waals surface area contributed by atoms with Crippen LogP contribution in [0.1, 0.15) is 91.9 Å². The summed E-state index contributed by atoms with van der Waals surface area (Å²) in [5.74, 6) is 1.03. The van der Waals surface area contributed by atoms with Gasteiger partial charge in [-0.2, -0.15) is 0 Å². The van der Waals surface area contributed by atoms with E-state index in [9.17, 15) is 4.79 Å². The number of hydrogen-bond donors (Lipinski definition) is 0. The predicted molar refractivity (Wildman–Crippen MR) is 86.3 cm³/mol. The number of carbonyl (C=O) groups excluding carboxylic acids is 1. The Bertz CT molecular complexity index is 168. The lowest BCUT2D eigenvalue weighted by molar-refractivity contribution is -0.110. The number of carbonyl (C=O) groups is 1. The van der Waals surface area contributed by atoms with E-state index in [1.165, 1.54) is 76.0 Å². The molecule has 18 heavy (non-hydrogen) atoms. The molecule has 0 aliphatic carbocycles. The average Bonchev–Trinajstić information content (AvgIpc) is 2.35. The molecule has 2 heteroatoms. The van der Waals surface area contributed by atoms with Gasteiger partial charge in [-0.15, -0.1) is 0 Å². The second kappa shape index (κ2) is 17.0. The Kier molecular flexibility index (Phi) is 19.2. The van der Waals surface area contributed by atoms with Gasteiger partial charge in [0.2, 0.25) is 0 Å². The SMILES string of the molecule is C.CCCCCCCCCCCCSC(=O)CC. The van der Waals surface area contributed by atoms with E-state index >= 15 is 0 Å². The van der Waals surface area contributed by atoms with E-state index in [1.54, 1.807) is 0 Å². The lowest BCUT2D eigenvalue weighted by Gasteiger charge is -2.02. The first-order valence-electron chi connectivity index (χ1n) is 7.46. The topological polar surface area (TPSA) is 17.1 Å². The van der Waals surface area contributed by atoms with Gasteiger partial charge in [0.05, 0.1) is 0 Å². The molecule has 0 rings (SSSR count). The van der Waals surface area contributed by atoms with E-state index in [4.69, 9.17) is 0 Å². The molecule has 0 unspecified atom stereocenters. The van der Waals surface area contributed by atoms with Gasteiger partial charge >= 0.3 is 0 Å². The third-order valence-electron chi connectivity index (χ3n) is 3.05. The molecule has 0 aromatic carbocycles. The Morgan fingerprint density at radius 1 is 0.778 bits per heavy atom. The molecule has 0 saturated carbocycles. The first kappa shape index (κ1) is 20.3. The molecule has 0 spiro atoms. The first-order valence-corrected chi connectivity index (χ1v) is 8.45. The third-order valence-corrected chi connectivity index (χ3v) is 4.15. The number of rotatable bonds is 12. The minimum absolute atomic E-state index is 0. The molecule has 0 atom stereocenters. The second-order valence-electron chi connectivity index (χ2n) is 4.76. The van der Waals surface area contributed by atoms with Crippen LogP contribution in [0, 0.1) is 0 Å². The fraction of sp³-hybridized carbons (Fsp3) is 0.938. The molecular formula is C16H34OS. The van der Waals surface area contributed by atoms with Crippen molar-refractivity contribution in [3.05, 3.63) is 0 Å². The van der Waals surface area contributed by atoms with Crippen molar-refractivity contribution in [2.75, 3.05) is 5.75 Å². The Morgan fingerprint density at radius 3 is 1.67 bits per heavy atom. The summed E-state index contributed by atoms with van der Waals surface area (Å²) < 4.78 is 0. The van der Waals surface area contributed by atoms with Crippen molar-refractivity contribution in [3.8, 4) is 0 Å². The van der Waals surface area contributed by atoms with Gasteiger partial charge < -0.3 is 0 Å². The molecule has 110 valence electrons. The van der Waals surface area contributed by atoms with E-state index in [-0.39, 0.29) is 7.43 Å². The van der Waals surface area contributed by atoms with E-state index in [0.717, 1.165) is 5.75 Å². The maximum Gasteiger partial charge on any atom is 0.188 e. The molecule has 0 saturated heterocycles. The average molecular weight is 275 g/mol. The second-order valence-corrected chi connectivity index (χ2v) is 5.91. The van der Waals surface area contributed by atoms with Crippen LogP contribution in [-0.4, -0.2) is 10.9 Å². The van der Waals surface area contributed by atoms with Gasteiger partial charge in [0.15, 0.2) is 5.12 Å². The highest BCUT2D eigenvalue weighted by molar-refractivity contribution is 8.13. The summed E-state index contributed by atoms with van der Waals surface area (Å²) in [7, 11) is 0. The lowest BCUT2D eigenvalue weighted by atomic mass is 10.1. The lowest BCUT2D eigenvalue weighted by Crippen LogP contribution is -1.90. The van der Waals surface area contributed by atoms with Crippen LogP contribution < -0.4 is 0 Å². The van der Waals surface area contributed by atoms with Crippen LogP contribution in [0.2, 0.25) is 0 Å². The summed E-state index contributed by atoms with van der Waals surface area (Å²) >= 11 is 1.51. The highest BCUT2D eigenvalue weighted by Crippen LogP contribution is 2.13. The van der Waals surface area contributed by atoms with Crippen molar-refractivity contribution >= 4 is 16.9 Å². The minimum Gasteiger partial charge on any atom is -0.287 e. The normalized spacial score (nSPS) is 10.1. The van der Waals surface area contributed by atoms with Crippen LogP contribution >= 0.6 is 11.8 Å². The third kappa shape index (κ3) is 16.0. The molecule has 0 aliphatic heterocycles.